The number of aliphatic hydroxyl groups excluding tert-OH is 1. The molecule has 0 amide bonds. The van der Waals surface area contributed by atoms with Gasteiger partial charge in [-0.15, -0.1) is 5.10 Å². The van der Waals surface area contributed by atoms with Gasteiger partial charge in [-0.2, -0.15) is 10.3 Å². The number of carbonyl (C=O) groups excluding carboxylic acids is 1. The quantitative estimate of drug-likeness (QED) is 0.710. The molecule has 2 aromatic heterocycles. The molecule has 0 atom stereocenters. The van der Waals surface area contributed by atoms with E-state index in [2.05, 4.69) is 15.4 Å². The molecule has 0 aliphatic rings. The number of nitrogens with zero attached hydrogens (tertiary/aromatic N) is 2. The summed E-state index contributed by atoms with van der Waals surface area (Å²) >= 11 is 0. The second kappa shape index (κ2) is 5.37. The lowest BCUT2D eigenvalue weighted by Gasteiger charge is -2.01. The maximum absolute atomic E-state index is 11.8. The summed E-state index contributed by atoms with van der Waals surface area (Å²) < 4.78 is 10.4. The number of ether oxygens (including phenoxy) is 1. The zero-order chi connectivity index (χ0) is 14.8. The van der Waals surface area contributed by atoms with Gasteiger partial charge in [-0.1, -0.05) is 0 Å². The summed E-state index contributed by atoms with van der Waals surface area (Å²) in [7, 11) is 0. The van der Waals surface area contributed by atoms with E-state index in [1.54, 1.807) is 25.1 Å². The zero-order valence-electron chi connectivity index (χ0n) is 11.3. The number of H-pyrrole nitrogens is 1. The van der Waals surface area contributed by atoms with E-state index in [0.29, 0.717) is 22.6 Å². The SMILES string of the molecule is CCOC(=O)c1n[nH]nc1-c1ccc2oc(CO)cc2c1. The lowest BCUT2D eigenvalue weighted by Crippen LogP contribution is -2.06. The number of benzene rings is 1. The van der Waals surface area contributed by atoms with E-state index in [-0.39, 0.29) is 18.9 Å². The third-order valence-corrected chi connectivity index (χ3v) is 3.01. The Kier molecular flexibility index (Phi) is 3.41. The van der Waals surface area contributed by atoms with Gasteiger partial charge in [-0.05, 0) is 31.2 Å². The first-order valence-corrected chi connectivity index (χ1v) is 6.44. The summed E-state index contributed by atoms with van der Waals surface area (Å²) in [5.74, 6) is -0.0440. The van der Waals surface area contributed by atoms with Crippen LogP contribution in [0.15, 0.2) is 28.7 Å². The minimum atomic E-state index is -0.524. The molecule has 0 aliphatic heterocycles. The molecule has 0 spiro atoms. The summed E-state index contributed by atoms with van der Waals surface area (Å²) in [6.45, 7) is 1.83. The van der Waals surface area contributed by atoms with Crippen molar-refractivity contribution in [3.05, 3.63) is 35.7 Å². The van der Waals surface area contributed by atoms with Crippen molar-refractivity contribution in [2.75, 3.05) is 6.61 Å². The normalized spacial score (nSPS) is 11.0. The summed E-state index contributed by atoms with van der Waals surface area (Å²) in [6.07, 6.45) is 0. The number of aromatic amines is 1. The van der Waals surface area contributed by atoms with Gasteiger partial charge in [-0.25, -0.2) is 4.79 Å². The molecule has 7 nitrogen and oxygen atoms in total. The van der Waals surface area contributed by atoms with Crippen LogP contribution in [0.3, 0.4) is 0 Å². The van der Waals surface area contributed by atoms with Gasteiger partial charge in [0.1, 0.15) is 23.6 Å². The molecule has 0 unspecified atom stereocenters. The predicted octanol–water partition coefficient (Wildman–Crippen LogP) is 1.89. The fourth-order valence-electron chi connectivity index (χ4n) is 2.10. The molecule has 7 heteroatoms. The number of hydrogen-bond acceptors (Lipinski definition) is 6. The van der Waals surface area contributed by atoms with Crippen LogP contribution in [-0.2, 0) is 11.3 Å². The van der Waals surface area contributed by atoms with Crippen LogP contribution in [-0.4, -0.2) is 33.1 Å². The Morgan fingerprint density at radius 2 is 2.24 bits per heavy atom. The first-order valence-electron chi connectivity index (χ1n) is 6.44. The van der Waals surface area contributed by atoms with Crippen LogP contribution in [0.1, 0.15) is 23.2 Å². The van der Waals surface area contributed by atoms with Gasteiger partial charge in [0, 0.05) is 10.9 Å². The van der Waals surface area contributed by atoms with Gasteiger partial charge < -0.3 is 14.3 Å². The topological polar surface area (TPSA) is 101 Å². The van der Waals surface area contributed by atoms with Crippen LogP contribution in [0.2, 0.25) is 0 Å². The number of esters is 1. The zero-order valence-corrected chi connectivity index (χ0v) is 11.3. The van der Waals surface area contributed by atoms with Crippen LogP contribution in [0.25, 0.3) is 22.2 Å². The van der Waals surface area contributed by atoms with Crippen molar-refractivity contribution in [3.8, 4) is 11.3 Å². The molecular weight excluding hydrogens is 274 g/mol. The third-order valence-electron chi connectivity index (χ3n) is 3.01. The maximum Gasteiger partial charge on any atom is 0.361 e. The fraction of sp³-hybridized carbons (Fsp3) is 0.214. The van der Waals surface area contributed by atoms with Crippen molar-refractivity contribution in [2.45, 2.75) is 13.5 Å². The van der Waals surface area contributed by atoms with E-state index >= 15 is 0 Å². The van der Waals surface area contributed by atoms with Gasteiger partial charge in [0.15, 0.2) is 5.69 Å². The average Bonchev–Trinajstić information content (AvgIpc) is 3.12. The molecule has 0 saturated heterocycles. The van der Waals surface area contributed by atoms with E-state index in [1.807, 2.05) is 6.07 Å². The molecule has 0 fully saturated rings. The minimum absolute atomic E-state index is 0.141. The van der Waals surface area contributed by atoms with Gasteiger partial charge in [-0.3, -0.25) is 0 Å². The van der Waals surface area contributed by atoms with Crippen LogP contribution >= 0.6 is 0 Å². The molecule has 0 radical (unpaired) electrons. The Hall–Kier alpha value is -2.67. The Labute approximate surface area is 119 Å². The highest BCUT2D eigenvalue weighted by Gasteiger charge is 2.19. The molecule has 3 rings (SSSR count). The lowest BCUT2D eigenvalue weighted by molar-refractivity contribution is 0.0520. The van der Waals surface area contributed by atoms with Crippen molar-refractivity contribution in [1.82, 2.24) is 15.4 Å². The van der Waals surface area contributed by atoms with E-state index in [0.717, 1.165) is 5.39 Å². The molecule has 108 valence electrons. The van der Waals surface area contributed by atoms with E-state index in [4.69, 9.17) is 14.3 Å². The Balaban J connectivity index is 2.04. The molecule has 0 aliphatic carbocycles. The molecule has 3 aromatic rings. The first kappa shape index (κ1) is 13.3. The minimum Gasteiger partial charge on any atom is -0.461 e. The second-order valence-electron chi connectivity index (χ2n) is 4.36. The first-order chi connectivity index (χ1) is 10.2. The third kappa shape index (κ3) is 2.38. The van der Waals surface area contributed by atoms with Gasteiger partial charge >= 0.3 is 5.97 Å². The molecule has 0 saturated carbocycles. The number of aliphatic hydroxyl groups is 1. The van der Waals surface area contributed by atoms with Crippen LogP contribution < -0.4 is 0 Å². The monoisotopic (exact) mass is 287 g/mol. The average molecular weight is 287 g/mol. The number of hydrogen-bond donors (Lipinski definition) is 2. The molecule has 1 aromatic carbocycles. The summed E-state index contributed by atoms with van der Waals surface area (Å²) in [5, 5.41) is 20.2. The van der Waals surface area contributed by atoms with Crippen molar-refractivity contribution in [2.24, 2.45) is 0 Å². The number of rotatable bonds is 4. The Bertz CT molecular complexity index is 790. The largest absolute Gasteiger partial charge is 0.461 e. The van der Waals surface area contributed by atoms with E-state index < -0.39 is 5.97 Å². The van der Waals surface area contributed by atoms with Crippen molar-refractivity contribution >= 4 is 16.9 Å². The maximum atomic E-state index is 11.8. The van der Waals surface area contributed by atoms with E-state index in [9.17, 15) is 4.79 Å². The second-order valence-corrected chi connectivity index (χ2v) is 4.36. The van der Waals surface area contributed by atoms with Gasteiger partial charge in [0.2, 0.25) is 0 Å². The molecule has 21 heavy (non-hydrogen) atoms. The fourth-order valence-corrected chi connectivity index (χ4v) is 2.10. The van der Waals surface area contributed by atoms with E-state index in [1.165, 1.54) is 0 Å². The Morgan fingerprint density at radius 1 is 1.38 bits per heavy atom. The molecular formula is C14H13N3O4. The van der Waals surface area contributed by atoms with Crippen LogP contribution in [0.4, 0.5) is 0 Å². The summed E-state index contributed by atoms with van der Waals surface area (Å²) in [5.41, 5.74) is 1.93. The summed E-state index contributed by atoms with van der Waals surface area (Å²) in [6, 6.07) is 7.09. The lowest BCUT2D eigenvalue weighted by atomic mass is 10.1. The van der Waals surface area contributed by atoms with Crippen molar-refractivity contribution < 1.29 is 19.1 Å². The molecule has 2 N–H and O–H groups in total. The standard InChI is InChI=1S/C14H13N3O4/c1-2-20-14(19)13-12(15-17-16-13)8-3-4-11-9(5-8)6-10(7-18)21-11/h3-6,18H,2,7H2,1H3,(H,15,16,17). The van der Waals surface area contributed by atoms with Gasteiger partial charge in [0.25, 0.3) is 0 Å². The number of furan rings is 1. The smallest absolute Gasteiger partial charge is 0.361 e. The molecule has 2 heterocycles. The van der Waals surface area contributed by atoms with Crippen LogP contribution in [0.5, 0.6) is 0 Å². The van der Waals surface area contributed by atoms with Crippen molar-refractivity contribution in [3.63, 3.8) is 0 Å². The molecule has 0 bridgehead atoms. The highest BCUT2D eigenvalue weighted by Crippen LogP contribution is 2.27. The predicted molar refractivity (Wildman–Crippen MR) is 73.5 cm³/mol. The summed E-state index contributed by atoms with van der Waals surface area (Å²) in [4.78, 5) is 11.8. The number of fused-ring (bicyclic) bond motifs is 1. The number of aromatic nitrogens is 3. The van der Waals surface area contributed by atoms with Crippen molar-refractivity contribution in [1.29, 1.82) is 0 Å². The highest BCUT2D eigenvalue weighted by molar-refractivity contribution is 5.95. The number of carbonyl (C=O) groups is 1. The van der Waals surface area contributed by atoms with Gasteiger partial charge in [0.05, 0.1) is 6.61 Å². The highest BCUT2D eigenvalue weighted by atomic mass is 16.5. The number of nitrogens with one attached hydrogen (secondary N) is 1. The van der Waals surface area contributed by atoms with Crippen LogP contribution in [0, 0.1) is 0 Å². The Morgan fingerprint density at radius 3 is 3.00 bits per heavy atom.